The highest BCUT2D eigenvalue weighted by molar-refractivity contribution is 6.30. The minimum absolute atomic E-state index is 0.00170. The third kappa shape index (κ3) is 4.37. The van der Waals surface area contributed by atoms with Crippen LogP contribution in [0.15, 0.2) is 42.5 Å². The van der Waals surface area contributed by atoms with E-state index in [2.05, 4.69) is 13.0 Å². The van der Waals surface area contributed by atoms with E-state index >= 15 is 0 Å². The number of benzene rings is 2. The molecule has 5 heteroatoms. The van der Waals surface area contributed by atoms with Crippen LogP contribution >= 0.6 is 11.6 Å². The first-order valence-corrected chi connectivity index (χ1v) is 9.16. The molecule has 1 aliphatic rings. The van der Waals surface area contributed by atoms with E-state index in [1.807, 2.05) is 36.4 Å². The van der Waals surface area contributed by atoms with Gasteiger partial charge in [0.2, 0.25) is 5.91 Å². The summed E-state index contributed by atoms with van der Waals surface area (Å²) in [5.74, 6) is 0.892. The fraction of sp³-hybridized carbons (Fsp3) is 0.381. The zero-order chi connectivity index (χ0) is 18.7. The van der Waals surface area contributed by atoms with Crippen LogP contribution in [0.1, 0.15) is 23.6 Å². The Morgan fingerprint density at radius 1 is 1.23 bits per heavy atom. The Bertz CT molecular complexity index is 790. The quantitative estimate of drug-likeness (QED) is 0.845. The molecule has 1 heterocycles. The molecule has 1 atom stereocenters. The number of hydrogen-bond acceptors (Lipinski definition) is 3. The van der Waals surface area contributed by atoms with Crippen molar-refractivity contribution in [2.75, 3.05) is 20.2 Å². The number of carbonyl (C=O) groups excluding carboxylic acids is 1. The molecule has 1 aliphatic heterocycles. The predicted molar refractivity (Wildman–Crippen MR) is 103 cm³/mol. The molecule has 4 nitrogen and oxygen atoms in total. The lowest BCUT2D eigenvalue weighted by atomic mass is 9.91. The van der Waals surface area contributed by atoms with Gasteiger partial charge in [-0.3, -0.25) is 4.79 Å². The molecule has 0 saturated carbocycles. The number of fused-ring (bicyclic) bond motifs is 1. The van der Waals surface area contributed by atoms with Gasteiger partial charge in [0.25, 0.3) is 0 Å². The molecule has 26 heavy (non-hydrogen) atoms. The monoisotopic (exact) mass is 373 g/mol. The van der Waals surface area contributed by atoms with Gasteiger partial charge in [0.15, 0.2) is 0 Å². The molecule has 1 N–H and O–H groups in total. The molecule has 2 aromatic carbocycles. The summed E-state index contributed by atoms with van der Waals surface area (Å²) in [6.07, 6.45) is 1.93. The fourth-order valence-electron chi connectivity index (χ4n) is 3.40. The Morgan fingerprint density at radius 2 is 1.92 bits per heavy atom. The molecule has 0 fully saturated rings. The van der Waals surface area contributed by atoms with E-state index in [4.69, 9.17) is 21.4 Å². The molecule has 138 valence electrons. The van der Waals surface area contributed by atoms with Gasteiger partial charge < -0.3 is 14.7 Å². The number of rotatable bonds is 6. The van der Waals surface area contributed by atoms with Crippen LogP contribution in [-0.2, 0) is 24.1 Å². The second kappa shape index (κ2) is 7.68. The van der Waals surface area contributed by atoms with Crippen molar-refractivity contribution in [2.24, 2.45) is 0 Å². The minimum Gasteiger partial charge on any atom is -0.487 e. The van der Waals surface area contributed by atoms with E-state index in [0.29, 0.717) is 13.0 Å². The Hall–Kier alpha value is -2.04. The van der Waals surface area contributed by atoms with Crippen molar-refractivity contribution in [3.05, 3.63) is 64.2 Å². The van der Waals surface area contributed by atoms with Crippen LogP contribution in [0.5, 0.6) is 5.75 Å². The molecule has 0 unspecified atom stereocenters. The highest BCUT2D eigenvalue weighted by Crippen LogP contribution is 2.37. The first-order chi connectivity index (χ1) is 12.4. The van der Waals surface area contributed by atoms with Gasteiger partial charge in [-0.15, -0.1) is 0 Å². The van der Waals surface area contributed by atoms with Gasteiger partial charge in [-0.05, 0) is 41.8 Å². The largest absolute Gasteiger partial charge is 0.487 e. The van der Waals surface area contributed by atoms with Crippen molar-refractivity contribution in [1.82, 2.24) is 4.90 Å². The average molecular weight is 374 g/mol. The van der Waals surface area contributed by atoms with Gasteiger partial charge in [-0.2, -0.15) is 0 Å². The Balaban J connectivity index is 1.68. The van der Waals surface area contributed by atoms with E-state index in [-0.39, 0.29) is 18.1 Å². The van der Waals surface area contributed by atoms with E-state index in [0.717, 1.165) is 34.7 Å². The topological polar surface area (TPSA) is 49.8 Å². The first-order valence-electron chi connectivity index (χ1n) is 8.79. The second-order valence-corrected chi connectivity index (χ2v) is 7.63. The molecular formula is C21H24ClNO3. The smallest absolute Gasteiger partial charge is 0.226 e. The Labute approximate surface area is 159 Å². The number of carbonyl (C=O) groups is 1. The van der Waals surface area contributed by atoms with Crippen LogP contribution < -0.4 is 4.74 Å². The maximum absolute atomic E-state index is 12.2. The molecule has 0 aromatic heterocycles. The van der Waals surface area contributed by atoms with Crippen LogP contribution in [0.4, 0.5) is 0 Å². The molecule has 0 saturated heterocycles. The Kier molecular flexibility index (Phi) is 5.54. The summed E-state index contributed by atoms with van der Waals surface area (Å²) in [4.78, 5) is 13.7. The van der Waals surface area contributed by atoms with E-state index in [1.165, 1.54) is 5.56 Å². The van der Waals surface area contributed by atoms with Crippen LogP contribution in [0, 0.1) is 0 Å². The predicted octanol–water partition coefficient (Wildman–Crippen LogP) is 3.27. The second-order valence-electron chi connectivity index (χ2n) is 7.19. The summed E-state index contributed by atoms with van der Waals surface area (Å²) in [6, 6.07) is 13.8. The highest BCUT2D eigenvalue weighted by atomic mass is 35.5. The minimum atomic E-state index is -0.299. The maximum Gasteiger partial charge on any atom is 0.226 e. The number of hydrogen-bond donors (Lipinski definition) is 1. The number of amides is 1. The van der Waals surface area contributed by atoms with Crippen molar-refractivity contribution in [3.8, 4) is 5.75 Å². The molecular weight excluding hydrogens is 350 g/mol. The third-order valence-electron chi connectivity index (χ3n) is 4.75. The average Bonchev–Trinajstić information content (AvgIpc) is 2.92. The molecule has 0 aliphatic carbocycles. The summed E-state index contributed by atoms with van der Waals surface area (Å²) in [5, 5.41) is 9.69. The van der Waals surface area contributed by atoms with Gasteiger partial charge >= 0.3 is 0 Å². The summed E-state index contributed by atoms with van der Waals surface area (Å²) in [7, 11) is 1.71. The van der Waals surface area contributed by atoms with Crippen molar-refractivity contribution < 1.29 is 14.6 Å². The summed E-state index contributed by atoms with van der Waals surface area (Å²) >= 11 is 5.96. The number of ether oxygens (including phenoxy) is 1. The molecule has 3 rings (SSSR count). The number of aliphatic hydroxyl groups is 1. The highest BCUT2D eigenvalue weighted by Gasteiger charge is 2.35. The molecule has 1 amide bonds. The van der Waals surface area contributed by atoms with Crippen molar-refractivity contribution in [3.63, 3.8) is 0 Å². The molecule has 2 aromatic rings. The van der Waals surface area contributed by atoms with Gasteiger partial charge in [0.05, 0.1) is 13.0 Å². The summed E-state index contributed by atoms with van der Waals surface area (Å²) < 4.78 is 6.21. The zero-order valence-corrected chi connectivity index (χ0v) is 15.9. The zero-order valence-electron chi connectivity index (χ0n) is 15.2. The van der Waals surface area contributed by atoms with Gasteiger partial charge in [-0.1, -0.05) is 35.9 Å². The number of aliphatic hydroxyl groups excluding tert-OH is 1. The third-order valence-corrected chi connectivity index (χ3v) is 5.01. The van der Waals surface area contributed by atoms with Crippen LogP contribution in [-0.4, -0.2) is 41.7 Å². The van der Waals surface area contributed by atoms with Crippen molar-refractivity contribution in [2.45, 2.75) is 31.8 Å². The van der Waals surface area contributed by atoms with E-state index in [9.17, 15) is 4.79 Å². The standard InChI is InChI=1S/C21H24ClNO3/c1-21(13-15-3-6-18(22)7-4-15)14-17-11-16(5-8-19(17)26-21)12-20(25)23(2)9-10-24/h3-8,11,24H,9-10,12-14H2,1-2H3/t21-/m1/s1. The molecule has 0 radical (unpaired) electrons. The summed E-state index contributed by atoms with van der Waals surface area (Å²) in [6.45, 7) is 2.44. The van der Waals surface area contributed by atoms with Gasteiger partial charge in [0.1, 0.15) is 11.4 Å². The van der Waals surface area contributed by atoms with Crippen molar-refractivity contribution in [1.29, 1.82) is 0 Å². The first kappa shape index (κ1) is 18.7. The normalized spacial score (nSPS) is 18.3. The van der Waals surface area contributed by atoms with Crippen molar-refractivity contribution >= 4 is 17.5 Å². The molecule has 0 spiro atoms. The van der Waals surface area contributed by atoms with Crippen LogP contribution in [0.3, 0.4) is 0 Å². The lowest BCUT2D eigenvalue weighted by molar-refractivity contribution is -0.129. The fourth-order valence-corrected chi connectivity index (χ4v) is 3.53. The van der Waals surface area contributed by atoms with Gasteiger partial charge in [-0.25, -0.2) is 0 Å². The number of nitrogens with zero attached hydrogens (tertiary/aromatic N) is 1. The maximum atomic E-state index is 12.2. The van der Waals surface area contributed by atoms with Crippen LogP contribution in [0.2, 0.25) is 5.02 Å². The Morgan fingerprint density at radius 3 is 2.62 bits per heavy atom. The number of halogens is 1. The lowest BCUT2D eigenvalue weighted by Gasteiger charge is -2.24. The van der Waals surface area contributed by atoms with E-state index in [1.54, 1.807) is 11.9 Å². The van der Waals surface area contributed by atoms with Gasteiger partial charge in [0, 0.05) is 31.5 Å². The summed E-state index contributed by atoms with van der Waals surface area (Å²) in [5.41, 5.74) is 2.99. The number of likely N-dealkylation sites (N-methyl/N-ethyl adjacent to an activating group) is 1. The van der Waals surface area contributed by atoms with Crippen LogP contribution in [0.25, 0.3) is 0 Å². The molecule has 0 bridgehead atoms. The SMILES string of the molecule is CN(CCO)C(=O)Cc1ccc2c(c1)C[C@@](C)(Cc1ccc(Cl)cc1)O2. The van der Waals surface area contributed by atoms with E-state index < -0.39 is 0 Å². The lowest BCUT2D eigenvalue weighted by Crippen LogP contribution is -2.32.